The van der Waals surface area contributed by atoms with E-state index in [0.29, 0.717) is 19.3 Å². The van der Waals surface area contributed by atoms with Gasteiger partial charge in [0.2, 0.25) is 5.91 Å². The second kappa shape index (κ2) is 11.4. The van der Waals surface area contributed by atoms with Crippen molar-refractivity contribution in [2.75, 3.05) is 18.5 Å². The molecule has 2 heterocycles. The second-order valence-corrected chi connectivity index (χ2v) is 7.65. The van der Waals surface area contributed by atoms with Gasteiger partial charge in [-0.1, -0.05) is 19.8 Å². The predicted molar refractivity (Wildman–Crippen MR) is 109 cm³/mol. The van der Waals surface area contributed by atoms with Gasteiger partial charge >= 0.3 is 5.69 Å². The van der Waals surface area contributed by atoms with Crippen LogP contribution in [0.25, 0.3) is 0 Å². The molecule has 1 aromatic rings. The molecule has 1 fully saturated rings. The van der Waals surface area contributed by atoms with Gasteiger partial charge in [-0.3, -0.25) is 14.2 Å². The SMILES string of the molecule is CC[C@@]1(O)[C@@H](CO)O[C@@H](n2ccc(NC(=O)CCCCCCC(=O)CO)nc2=O)[C@@H]1O. The third-order valence-electron chi connectivity index (χ3n) is 5.53. The van der Waals surface area contributed by atoms with Crippen LogP contribution in [-0.2, 0) is 14.3 Å². The standard InChI is InChI=1S/C20H31N3O8/c1-2-20(30)14(12-25)31-18(17(20)28)23-10-9-15(22-19(23)29)21-16(27)8-6-4-3-5-7-13(26)11-24/h9-10,14,17-18,24-25,28,30H,2-8,11-12H2,1H3,(H,21,22,27,29)/t14-,17+,18-,20-/m1/s1. The lowest BCUT2D eigenvalue weighted by atomic mass is 9.89. The maximum absolute atomic E-state index is 12.4. The topological polar surface area (TPSA) is 171 Å². The van der Waals surface area contributed by atoms with E-state index in [1.165, 1.54) is 12.3 Å². The summed E-state index contributed by atoms with van der Waals surface area (Å²) in [6.07, 6.45) is 1.06. The van der Waals surface area contributed by atoms with Crippen LogP contribution < -0.4 is 11.0 Å². The highest BCUT2D eigenvalue weighted by Gasteiger charge is 2.54. The zero-order chi connectivity index (χ0) is 23.0. The molecule has 1 aliphatic rings. The quantitative estimate of drug-likeness (QED) is 0.268. The van der Waals surface area contributed by atoms with Crippen LogP contribution in [0.2, 0.25) is 0 Å². The van der Waals surface area contributed by atoms with Crippen LogP contribution in [0.5, 0.6) is 0 Å². The van der Waals surface area contributed by atoms with E-state index in [1.54, 1.807) is 6.92 Å². The second-order valence-electron chi connectivity index (χ2n) is 7.65. The molecule has 11 nitrogen and oxygen atoms in total. The van der Waals surface area contributed by atoms with E-state index in [2.05, 4.69) is 10.3 Å². The number of amides is 1. The lowest BCUT2D eigenvalue weighted by molar-refractivity contribution is -0.122. The van der Waals surface area contributed by atoms with Crippen LogP contribution in [0.3, 0.4) is 0 Å². The molecular formula is C20H31N3O8. The van der Waals surface area contributed by atoms with Crippen LogP contribution in [0.1, 0.15) is 58.1 Å². The Labute approximate surface area is 179 Å². The van der Waals surface area contributed by atoms with Gasteiger partial charge < -0.3 is 30.5 Å². The average molecular weight is 441 g/mol. The van der Waals surface area contributed by atoms with E-state index in [0.717, 1.165) is 17.4 Å². The number of unbranched alkanes of at least 4 members (excludes halogenated alkanes) is 3. The fourth-order valence-corrected chi connectivity index (χ4v) is 3.58. The Balaban J connectivity index is 1.88. The number of aromatic nitrogens is 2. The first-order chi connectivity index (χ1) is 14.8. The van der Waals surface area contributed by atoms with Gasteiger partial charge in [0.05, 0.1) is 6.61 Å². The van der Waals surface area contributed by atoms with Gasteiger partial charge in [0.15, 0.2) is 12.0 Å². The van der Waals surface area contributed by atoms with Crippen LogP contribution in [-0.4, -0.2) is 72.7 Å². The summed E-state index contributed by atoms with van der Waals surface area (Å²) in [6.45, 7) is 0.666. The van der Waals surface area contributed by atoms with Gasteiger partial charge in [-0.05, 0) is 25.3 Å². The normalized spacial score (nSPS) is 25.5. The fourth-order valence-electron chi connectivity index (χ4n) is 3.58. The number of nitrogens with one attached hydrogen (secondary N) is 1. The summed E-state index contributed by atoms with van der Waals surface area (Å²) in [6, 6.07) is 1.38. The molecule has 4 atom stereocenters. The van der Waals surface area contributed by atoms with E-state index < -0.39 is 42.9 Å². The van der Waals surface area contributed by atoms with Crippen molar-refractivity contribution in [1.82, 2.24) is 9.55 Å². The molecule has 1 aromatic heterocycles. The number of ether oxygens (including phenoxy) is 1. The minimum atomic E-state index is -1.70. The van der Waals surface area contributed by atoms with Crippen LogP contribution in [0, 0.1) is 0 Å². The van der Waals surface area contributed by atoms with Gasteiger partial charge in [0, 0.05) is 19.0 Å². The molecule has 0 aromatic carbocycles. The van der Waals surface area contributed by atoms with E-state index in [-0.39, 0.29) is 30.3 Å². The molecule has 11 heteroatoms. The molecule has 0 bridgehead atoms. The number of Topliss-reactive ketones (excluding diaryl/α,β-unsaturated/α-hetero) is 1. The Morgan fingerprint density at radius 3 is 2.45 bits per heavy atom. The molecule has 1 aliphatic heterocycles. The number of aliphatic hydroxyl groups excluding tert-OH is 3. The Bertz CT molecular complexity index is 814. The number of aliphatic hydroxyl groups is 4. The van der Waals surface area contributed by atoms with Crippen molar-refractivity contribution < 1.29 is 34.8 Å². The van der Waals surface area contributed by atoms with Crippen molar-refractivity contribution in [3.63, 3.8) is 0 Å². The Hall–Kier alpha value is -2.18. The third kappa shape index (κ3) is 6.17. The maximum Gasteiger partial charge on any atom is 0.351 e. The van der Waals surface area contributed by atoms with Gasteiger partial charge in [0.1, 0.15) is 30.2 Å². The third-order valence-corrected chi connectivity index (χ3v) is 5.53. The minimum absolute atomic E-state index is 0.0525. The number of carbonyl (C=O) groups excluding carboxylic acids is 2. The molecule has 2 rings (SSSR count). The largest absolute Gasteiger partial charge is 0.394 e. The fraction of sp³-hybridized carbons (Fsp3) is 0.700. The molecule has 0 radical (unpaired) electrons. The maximum atomic E-state index is 12.4. The molecule has 5 N–H and O–H groups in total. The number of nitrogens with zero attached hydrogens (tertiary/aromatic N) is 2. The summed E-state index contributed by atoms with van der Waals surface area (Å²) >= 11 is 0. The van der Waals surface area contributed by atoms with E-state index >= 15 is 0 Å². The van der Waals surface area contributed by atoms with Crippen molar-refractivity contribution in [3.05, 3.63) is 22.7 Å². The highest BCUT2D eigenvalue weighted by Crippen LogP contribution is 2.38. The number of rotatable bonds is 12. The zero-order valence-electron chi connectivity index (χ0n) is 17.6. The Kier molecular flexibility index (Phi) is 9.26. The number of anilines is 1. The first kappa shape index (κ1) is 25.1. The summed E-state index contributed by atoms with van der Waals surface area (Å²) in [5.41, 5.74) is -2.48. The molecule has 31 heavy (non-hydrogen) atoms. The van der Waals surface area contributed by atoms with Gasteiger partial charge in [0.25, 0.3) is 0 Å². The number of hydrogen-bond donors (Lipinski definition) is 5. The highest BCUT2D eigenvalue weighted by molar-refractivity contribution is 5.89. The monoisotopic (exact) mass is 441 g/mol. The molecule has 0 unspecified atom stereocenters. The first-order valence-electron chi connectivity index (χ1n) is 10.4. The van der Waals surface area contributed by atoms with Gasteiger partial charge in [-0.2, -0.15) is 4.98 Å². The minimum Gasteiger partial charge on any atom is -0.394 e. The van der Waals surface area contributed by atoms with E-state index in [4.69, 9.17) is 9.84 Å². The zero-order valence-corrected chi connectivity index (χ0v) is 17.6. The summed E-state index contributed by atoms with van der Waals surface area (Å²) in [7, 11) is 0. The Morgan fingerprint density at radius 1 is 1.23 bits per heavy atom. The summed E-state index contributed by atoms with van der Waals surface area (Å²) in [5, 5.41) is 41.6. The summed E-state index contributed by atoms with van der Waals surface area (Å²) in [5.74, 6) is -0.453. The van der Waals surface area contributed by atoms with Crippen LogP contribution >= 0.6 is 0 Å². The van der Waals surface area contributed by atoms with Crippen molar-refractivity contribution in [3.8, 4) is 0 Å². The van der Waals surface area contributed by atoms with E-state index in [9.17, 15) is 29.7 Å². The molecular weight excluding hydrogens is 410 g/mol. The predicted octanol–water partition coefficient (Wildman–Crippen LogP) is -0.524. The molecule has 1 saturated heterocycles. The van der Waals surface area contributed by atoms with Crippen molar-refractivity contribution in [2.24, 2.45) is 0 Å². The highest BCUT2D eigenvalue weighted by atomic mass is 16.6. The number of hydrogen-bond acceptors (Lipinski definition) is 9. The molecule has 0 spiro atoms. The molecule has 174 valence electrons. The van der Waals surface area contributed by atoms with Gasteiger partial charge in [-0.25, -0.2) is 4.79 Å². The lowest BCUT2D eigenvalue weighted by Crippen LogP contribution is -2.48. The Morgan fingerprint density at radius 2 is 1.90 bits per heavy atom. The molecule has 0 aliphatic carbocycles. The summed E-state index contributed by atoms with van der Waals surface area (Å²) < 4.78 is 6.48. The van der Waals surface area contributed by atoms with E-state index in [1.807, 2.05) is 0 Å². The number of carbonyl (C=O) groups is 2. The average Bonchev–Trinajstić information content (AvgIpc) is 3.01. The first-order valence-corrected chi connectivity index (χ1v) is 10.4. The lowest BCUT2D eigenvalue weighted by Gasteiger charge is -2.28. The van der Waals surface area contributed by atoms with Crippen molar-refractivity contribution >= 4 is 17.5 Å². The number of ketones is 1. The van der Waals surface area contributed by atoms with Gasteiger partial charge in [-0.15, -0.1) is 0 Å². The summed E-state index contributed by atoms with van der Waals surface area (Å²) in [4.78, 5) is 39.2. The molecule has 1 amide bonds. The van der Waals surface area contributed by atoms with Crippen molar-refractivity contribution in [2.45, 2.75) is 75.9 Å². The van der Waals surface area contributed by atoms with Crippen LogP contribution in [0.15, 0.2) is 17.1 Å². The van der Waals surface area contributed by atoms with Crippen LogP contribution in [0.4, 0.5) is 5.82 Å². The smallest absolute Gasteiger partial charge is 0.351 e. The van der Waals surface area contributed by atoms with Crippen molar-refractivity contribution in [1.29, 1.82) is 0 Å². The molecule has 0 saturated carbocycles.